The van der Waals surface area contributed by atoms with Gasteiger partial charge in [-0.15, -0.1) is 10.2 Å². The molecule has 0 aliphatic heterocycles. The van der Waals surface area contributed by atoms with Crippen molar-refractivity contribution in [2.75, 3.05) is 5.32 Å². The lowest BCUT2D eigenvalue weighted by molar-refractivity contribution is -0.118. The van der Waals surface area contributed by atoms with Crippen molar-refractivity contribution >= 4 is 11.6 Å². The second-order valence-corrected chi connectivity index (χ2v) is 10.9. The summed E-state index contributed by atoms with van der Waals surface area (Å²) in [5.74, 6) is 0.726. The van der Waals surface area contributed by atoms with Gasteiger partial charge in [0.15, 0.2) is 6.04 Å². The third-order valence-corrected chi connectivity index (χ3v) is 7.12. The summed E-state index contributed by atoms with van der Waals surface area (Å²) in [5, 5.41) is 16.4. The highest BCUT2D eigenvalue weighted by atomic mass is 16.2. The molecule has 0 aliphatic rings. The first-order valence-electron chi connectivity index (χ1n) is 14.6. The quantitative estimate of drug-likeness (QED) is 0.189. The highest BCUT2D eigenvalue weighted by Gasteiger charge is 2.29. The first kappa shape index (κ1) is 29.5. The summed E-state index contributed by atoms with van der Waals surface area (Å²) in [6.45, 7) is 11.5. The largest absolute Gasteiger partial charge is 0.323 e. The molecule has 1 aromatic carbocycles. The molecule has 0 spiro atoms. The van der Waals surface area contributed by atoms with Crippen molar-refractivity contribution in [2.45, 2.75) is 123 Å². The van der Waals surface area contributed by atoms with E-state index in [-0.39, 0.29) is 17.7 Å². The highest BCUT2D eigenvalue weighted by Crippen LogP contribution is 2.33. The van der Waals surface area contributed by atoms with Gasteiger partial charge >= 0.3 is 0 Å². The van der Waals surface area contributed by atoms with Gasteiger partial charge in [-0.3, -0.25) is 4.79 Å². The Kier molecular flexibility index (Phi) is 12.0. The Hall–Kier alpha value is -3.03. The molecule has 38 heavy (non-hydrogen) atoms. The van der Waals surface area contributed by atoms with E-state index in [1.807, 2.05) is 0 Å². The van der Waals surface area contributed by atoms with Crippen LogP contribution >= 0.6 is 0 Å². The molecule has 0 aliphatic carbocycles. The Morgan fingerprint density at radius 3 is 2.05 bits per heavy atom. The van der Waals surface area contributed by atoms with E-state index in [2.05, 4.69) is 78.5 Å². The zero-order valence-corrected chi connectivity index (χ0v) is 24.1. The average molecular weight is 522 g/mol. The van der Waals surface area contributed by atoms with E-state index < -0.39 is 6.04 Å². The molecule has 0 saturated carbocycles. The number of aromatic nitrogens is 6. The van der Waals surface area contributed by atoms with Gasteiger partial charge in [0.2, 0.25) is 5.82 Å². The highest BCUT2D eigenvalue weighted by molar-refractivity contribution is 5.96. The van der Waals surface area contributed by atoms with Gasteiger partial charge in [-0.05, 0) is 34.6 Å². The van der Waals surface area contributed by atoms with E-state index in [9.17, 15) is 4.79 Å². The van der Waals surface area contributed by atoms with Gasteiger partial charge in [0.05, 0.1) is 12.9 Å². The molecule has 0 saturated heterocycles. The van der Waals surface area contributed by atoms with E-state index >= 15 is 0 Å². The molecule has 1 amide bonds. The van der Waals surface area contributed by atoms with Crippen LogP contribution in [0, 0.1) is 0 Å². The molecule has 0 fully saturated rings. The molecule has 3 aromatic rings. The lowest BCUT2D eigenvalue weighted by Gasteiger charge is -2.22. The van der Waals surface area contributed by atoms with Crippen LogP contribution in [0.25, 0.3) is 0 Å². The Balaban J connectivity index is 1.63. The van der Waals surface area contributed by atoms with Crippen LogP contribution in [-0.2, 0) is 11.3 Å². The number of hydrogen-bond donors (Lipinski definition) is 1. The topological polar surface area (TPSA) is 90.5 Å². The minimum atomic E-state index is -0.751. The molecule has 1 N–H and O–H groups in total. The zero-order valence-electron chi connectivity index (χ0n) is 24.1. The standard InChI is InChI=1S/C30H47N7O/c1-6-7-8-9-10-11-12-13-14-15-20-37-34-29(33-35-37)28(36-21-19-31-22-36)30(38)32-27-25(23(2)3)17-16-18-26(27)24(4)5/h16-19,21-24,28H,6-15,20H2,1-5H3,(H,32,38). The molecule has 0 bridgehead atoms. The van der Waals surface area contributed by atoms with E-state index in [4.69, 9.17) is 0 Å². The average Bonchev–Trinajstić information content (AvgIpc) is 3.58. The fourth-order valence-electron chi connectivity index (χ4n) is 4.90. The molecule has 8 heteroatoms. The summed E-state index contributed by atoms with van der Waals surface area (Å²) in [7, 11) is 0. The lowest BCUT2D eigenvalue weighted by atomic mass is 9.92. The van der Waals surface area contributed by atoms with Crippen molar-refractivity contribution in [1.82, 2.24) is 29.8 Å². The van der Waals surface area contributed by atoms with Crippen molar-refractivity contribution < 1.29 is 4.79 Å². The maximum Gasteiger partial charge on any atom is 0.255 e. The lowest BCUT2D eigenvalue weighted by Crippen LogP contribution is -2.28. The van der Waals surface area contributed by atoms with Crippen molar-refractivity contribution in [2.24, 2.45) is 0 Å². The third kappa shape index (κ3) is 8.50. The number of nitrogens with zero attached hydrogens (tertiary/aromatic N) is 6. The first-order valence-corrected chi connectivity index (χ1v) is 14.6. The van der Waals surface area contributed by atoms with Gasteiger partial charge in [0.1, 0.15) is 0 Å². The summed E-state index contributed by atoms with van der Waals surface area (Å²) in [5.41, 5.74) is 3.11. The number of tetrazole rings is 1. The predicted molar refractivity (Wildman–Crippen MR) is 153 cm³/mol. The smallest absolute Gasteiger partial charge is 0.255 e. The number of benzene rings is 1. The first-order chi connectivity index (χ1) is 18.4. The molecular formula is C30H47N7O. The Labute approximate surface area is 228 Å². The minimum absolute atomic E-state index is 0.198. The second kappa shape index (κ2) is 15.4. The van der Waals surface area contributed by atoms with Crippen LogP contribution in [0.3, 0.4) is 0 Å². The number of carbonyl (C=O) groups excluding carboxylic acids is 1. The fraction of sp³-hybridized carbons (Fsp3) is 0.633. The molecule has 2 aromatic heterocycles. The molecule has 0 radical (unpaired) electrons. The number of hydrogen-bond acceptors (Lipinski definition) is 5. The monoisotopic (exact) mass is 521 g/mol. The number of rotatable bonds is 17. The van der Waals surface area contributed by atoms with Gasteiger partial charge < -0.3 is 9.88 Å². The van der Waals surface area contributed by atoms with Gasteiger partial charge in [0.25, 0.3) is 5.91 Å². The van der Waals surface area contributed by atoms with E-state index in [1.54, 1.807) is 28.1 Å². The summed E-state index contributed by atoms with van der Waals surface area (Å²) in [6, 6.07) is 5.48. The summed E-state index contributed by atoms with van der Waals surface area (Å²) in [4.78, 5) is 19.5. The van der Waals surface area contributed by atoms with Crippen LogP contribution in [0.5, 0.6) is 0 Å². The van der Waals surface area contributed by atoms with Crippen molar-refractivity contribution in [3.05, 3.63) is 53.9 Å². The Bertz CT molecular complexity index is 1060. The molecule has 1 atom stereocenters. The second-order valence-electron chi connectivity index (χ2n) is 10.9. The van der Waals surface area contributed by atoms with Gasteiger partial charge in [-0.2, -0.15) is 4.80 Å². The summed E-state index contributed by atoms with van der Waals surface area (Å²) < 4.78 is 1.74. The van der Waals surface area contributed by atoms with E-state index in [0.29, 0.717) is 12.4 Å². The minimum Gasteiger partial charge on any atom is -0.323 e. The maximum absolute atomic E-state index is 13.7. The number of aryl methyl sites for hydroxylation is 1. The predicted octanol–water partition coefficient (Wildman–Crippen LogP) is 7.27. The number of imidazole rings is 1. The van der Waals surface area contributed by atoms with E-state index in [1.165, 1.54) is 51.4 Å². The number of nitrogens with one attached hydrogen (secondary N) is 1. The summed E-state index contributed by atoms with van der Waals surface area (Å²) in [6.07, 6.45) is 17.8. The number of anilines is 1. The SMILES string of the molecule is CCCCCCCCCCCCn1nnc(C(C(=O)Nc2c(C(C)C)cccc2C(C)C)n2ccnc2)n1. The van der Waals surface area contributed by atoms with Crippen molar-refractivity contribution in [3.8, 4) is 0 Å². The van der Waals surface area contributed by atoms with Crippen LogP contribution in [0.2, 0.25) is 0 Å². The molecular weight excluding hydrogens is 474 g/mol. The van der Waals surface area contributed by atoms with E-state index in [0.717, 1.165) is 29.7 Å². The molecule has 8 nitrogen and oxygen atoms in total. The van der Waals surface area contributed by atoms with Crippen molar-refractivity contribution in [1.29, 1.82) is 0 Å². The van der Waals surface area contributed by atoms with Crippen LogP contribution < -0.4 is 5.32 Å². The van der Waals surface area contributed by atoms with Crippen LogP contribution in [-0.4, -0.2) is 35.7 Å². The number of unbranched alkanes of at least 4 members (excludes halogenated alkanes) is 9. The molecule has 3 rings (SSSR count). The molecule has 2 heterocycles. The Morgan fingerprint density at radius 2 is 1.50 bits per heavy atom. The maximum atomic E-state index is 13.7. The molecule has 208 valence electrons. The third-order valence-electron chi connectivity index (χ3n) is 7.12. The number of para-hydroxylation sites is 1. The normalized spacial score (nSPS) is 12.4. The van der Waals surface area contributed by atoms with Gasteiger partial charge in [-0.1, -0.05) is 111 Å². The van der Waals surface area contributed by atoms with Crippen molar-refractivity contribution in [3.63, 3.8) is 0 Å². The number of carbonyl (C=O) groups is 1. The fourth-order valence-corrected chi connectivity index (χ4v) is 4.90. The Morgan fingerprint density at radius 1 is 0.895 bits per heavy atom. The van der Waals surface area contributed by atoms with Crippen LogP contribution in [0.1, 0.15) is 134 Å². The summed E-state index contributed by atoms with van der Waals surface area (Å²) >= 11 is 0. The zero-order chi connectivity index (χ0) is 27.3. The van der Waals surface area contributed by atoms with Gasteiger partial charge in [-0.25, -0.2) is 4.98 Å². The van der Waals surface area contributed by atoms with Crippen LogP contribution in [0.4, 0.5) is 5.69 Å². The number of amides is 1. The van der Waals surface area contributed by atoms with Crippen LogP contribution in [0.15, 0.2) is 36.9 Å². The molecule has 1 unspecified atom stereocenters. The van der Waals surface area contributed by atoms with Gasteiger partial charge in [0, 0.05) is 18.1 Å².